The van der Waals surface area contributed by atoms with Gasteiger partial charge in [-0.1, -0.05) is 20.8 Å². The maximum absolute atomic E-state index is 12.4. The molecule has 0 amide bonds. The number of aryl methyl sites for hydroxylation is 1. The minimum absolute atomic E-state index is 0.133. The van der Waals surface area contributed by atoms with Crippen molar-refractivity contribution in [1.82, 2.24) is 14.1 Å². The number of carbonyl (C=O) groups is 1. The number of imidazole rings is 1. The molecule has 2 aromatic heterocycles. The number of pyridine rings is 1. The zero-order valence-corrected chi connectivity index (χ0v) is 13.2. The molecule has 0 bridgehead atoms. The topological polar surface area (TPSA) is 56.9 Å². The van der Waals surface area contributed by atoms with Crippen molar-refractivity contribution in [3.8, 4) is 0 Å². The van der Waals surface area contributed by atoms with E-state index in [1.165, 1.54) is 0 Å². The summed E-state index contributed by atoms with van der Waals surface area (Å²) in [4.78, 5) is 28.9. The third kappa shape index (κ3) is 2.96. The average molecular weight is 287 g/mol. The van der Waals surface area contributed by atoms with Crippen LogP contribution in [0.4, 0.5) is 0 Å². The molecular weight excluding hydrogens is 266 g/mol. The first-order chi connectivity index (χ1) is 9.71. The van der Waals surface area contributed by atoms with E-state index in [0.29, 0.717) is 5.82 Å². The summed E-state index contributed by atoms with van der Waals surface area (Å²) in [6.45, 7) is 6.12. The van der Waals surface area contributed by atoms with E-state index in [4.69, 9.17) is 0 Å². The fourth-order valence-corrected chi connectivity index (χ4v) is 2.41. The van der Waals surface area contributed by atoms with Crippen molar-refractivity contribution in [2.75, 3.05) is 0 Å². The van der Waals surface area contributed by atoms with Crippen molar-refractivity contribution in [3.05, 3.63) is 52.0 Å². The fourth-order valence-electron chi connectivity index (χ4n) is 2.41. The Morgan fingerprint density at radius 2 is 1.90 bits per heavy atom. The van der Waals surface area contributed by atoms with E-state index in [2.05, 4.69) is 4.98 Å². The minimum atomic E-state index is -0.248. The third-order valence-electron chi connectivity index (χ3n) is 3.61. The molecule has 0 aliphatic rings. The van der Waals surface area contributed by atoms with Crippen LogP contribution in [-0.2, 0) is 25.9 Å². The predicted molar refractivity (Wildman–Crippen MR) is 81.6 cm³/mol. The summed E-state index contributed by atoms with van der Waals surface area (Å²) in [6, 6.07) is 3.49. The van der Waals surface area contributed by atoms with E-state index in [9.17, 15) is 9.59 Å². The summed E-state index contributed by atoms with van der Waals surface area (Å²) >= 11 is 0. The maximum Gasteiger partial charge on any atom is 0.261 e. The summed E-state index contributed by atoms with van der Waals surface area (Å²) in [5, 5.41) is 0. The highest BCUT2D eigenvalue weighted by Crippen LogP contribution is 2.20. The quantitative estimate of drug-likeness (QED) is 0.809. The SMILES string of the molecule is Cn1ccnc1CC(=O)c1ccc(C(C)(C)C)n(C)c1=O. The number of ketones is 1. The van der Waals surface area contributed by atoms with Gasteiger partial charge in [0.15, 0.2) is 5.78 Å². The third-order valence-corrected chi connectivity index (χ3v) is 3.61. The highest BCUT2D eigenvalue weighted by Gasteiger charge is 2.21. The summed E-state index contributed by atoms with van der Waals surface area (Å²) in [5.74, 6) is 0.451. The van der Waals surface area contributed by atoms with Gasteiger partial charge in [-0.25, -0.2) is 4.98 Å². The van der Waals surface area contributed by atoms with Gasteiger partial charge in [-0.2, -0.15) is 0 Å². The van der Waals surface area contributed by atoms with E-state index >= 15 is 0 Å². The van der Waals surface area contributed by atoms with Crippen LogP contribution in [0.3, 0.4) is 0 Å². The van der Waals surface area contributed by atoms with Gasteiger partial charge in [0.2, 0.25) is 0 Å². The lowest BCUT2D eigenvalue weighted by atomic mass is 9.90. The van der Waals surface area contributed by atoms with Gasteiger partial charge in [0, 0.05) is 37.6 Å². The van der Waals surface area contributed by atoms with Gasteiger partial charge in [-0.05, 0) is 12.1 Å². The lowest BCUT2D eigenvalue weighted by Crippen LogP contribution is -2.31. The molecule has 0 spiro atoms. The number of hydrogen-bond acceptors (Lipinski definition) is 3. The molecule has 2 heterocycles. The molecule has 0 saturated heterocycles. The Bertz CT molecular complexity index is 733. The number of nitrogens with zero attached hydrogens (tertiary/aromatic N) is 3. The van der Waals surface area contributed by atoms with Crippen LogP contribution in [0.1, 0.15) is 42.6 Å². The molecule has 0 fully saturated rings. The largest absolute Gasteiger partial charge is 0.338 e. The molecule has 0 saturated carbocycles. The molecule has 0 aliphatic heterocycles. The van der Waals surface area contributed by atoms with E-state index in [1.54, 1.807) is 34.6 Å². The smallest absolute Gasteiger partial charge is 0.261 e. The van der Waals surface area contributed by atoms with Crippen LogP contribution in [0.5, 0.6) is 0 Å². The van der Waals surface area contributed by atoms with Crippen molar-refractivity contribution in [2.45, 2.75) is 32.6 Å². The zero-order chi connectivity index (χ0) is 15.8. The fraction of sp³-hybridized carbons (Fsp3) is 0.438. The normalized spacial score (nSPS) is 11.7. The standard InChI is InChI=1S/C16H21N3O2/c1-16(2,3)13-7-6-11(15(21)19(13)5)12(20)10-14-17-8-9-18(14)4/h6-9H,10H2,1-5H3. The van der Waals surface area contributed by atoms with Gasteiger partial charge < -0.3 is 9.13 Å². The minimum Gasteiger partial charge on any atom is -0.338 e. The van der Waals surface area contributed by atoms with E-state index in [1.807, 2.05) is 33.9 Å². The van der Waals surface area contributed by atoms with Crippen molar-refractivity contribution in [2.24, 2.45) is 14.1 Å². The van der Waals surface area contributed by atoms with E-state index in [-0.39, 0.29) is 28.7 Å². The van der Waals surface area contributed by atoms with Gasteiger partial charge in [0.05, 0.1) is 12.0 Å². The Morgan fingerprint density at radius 1 is 1.24 bits per heavy atom. The lowest BCUT2D eigenvalue weighted by Gasteiger charge is -2.22. The number of hydrogen-bond donors (Lipinski definition) is 0. The summed E-state index contributed by atoms with van der Waals surface area (Å²) < 4.78 is 3.34. The van der Waals surface area contributed by atoms with Crippen LogP contribution in [0, 0.1) is 0 Å². The van der Waals surface area contributed by atoms with Crippen molar-refractivity contribution < 1.29 is 4.79 Å². The first-order valence-electron chi connectivity index (χ1n) is 6.91. The van der Waals surface area contributed by atoms with Crippen molar-refractivity contribution in [3.63, 3.8) is 0 Å². The van der Waals surface area contributed by atoms with Crippen molar-refractivity contribution in [1.29, 1.82) is 0 Å². The van der Waals surface area contributed by atoms with Crippen LogP contribution in [0.25, 0.3) is 0 Å². The lowest BCUT2D eigenvalue weighted by molar-refractivity contribution is 0.0988. The molecular formula is C16H21N3O2. The zero-order valence-electron chi connectivity index (χ0n) is 13.2. The second-order valence-corrected chi connectivity index (χ2v) is 6.30. The van der Waals surface area contributed by atoms with Gasteiger partial charge in [-0.15, -0.1) is 0 Å². The molecule has 0 aliphatic carbocycles. The molecule has 0 unspecified atom stereocenters. The molecule has 2 aromatic rings. The molecule has 5 heteroatoms. The number of Topliss-reactive ketones (excluding diaryl/α,β-unsaturated/α-hetero) is 1. The Balaban J connectivity index is 2.38. The van der Waals surface area contributed by atoms with Gasteiger partial charge in [0.25, 0.3) is 5.56 Å². The number of rotatable bonds is 3. The number of carbonyl (C=O) groups excluding carboxylic acids is 1. The van der Waals surface area contributed by atoms with Crippen LogP contribution in [0.15, 0.2) is 29.3 Å². The highest BCUT2D eigenvalue weighted by atomic mass is 16.1. The highest BCUT2D eigenvalue weighted by molar-refractivity contribution is 5.96. The summed E-state index contributed by atoms with van der Waals surface area (Å²) in [7, 11) is 3.54. The monoisotopic (exact) mass is 287 g/mol. The second-order valence-electron chi connectivity index (χ2n) is 6.30. The van der Waals surface area contributed by atoms with Crippen LogP contribution in [-0.4, -0.2) is 19.9 Å². The van der Waals surface area contributed by atoms with Crippen LogP contribution in [0.2, 0.25) is 0 Å². The molecule has 5 nitrogen and oxygen atoms in total. The Hall–Kier alpha value is -2.17. The average Bonchev–Trinajstić information content (AvgIpc) is 2.76. The van der Waals surface area contributed by atoms with Crippen LogP contribution >= 0.6 is 0 Å². The van der Waals surface area contributed by atoms with Crippen LogP contribution < -0.4 is 5.56 Å². The summed E-state index contributed by atoms with van der Waals surface area (Å²) in [6.07, 6.45) is 3.56. The first kappa shape index (κ1) is 15.2. The number of aromatic nitrogens is 3. The van der Waals surface area contributed by atoms with Gasteiger partial charge >= 0.3 is 0 Å². The molecule has 0 aromatic carbocycles. The Kier molecular flexibility index (Phi) is 3.85. The molecule has 2 rings (SSSR count). The van der Waals surface area contributed by atoms with E-state index in [0.717, 1.165) is 5.69 Å². The van der Waals surface area contributed by atoms with Crippen molar-refractivity contribution >= 4 is 5.78 Å². The molecule has 0 radical (unpaired) electrons. The Morgan fingerprint density at radius 3 is 2.43 bits per heavy atom. The van der Waals surface area contributed by atoms with Gasteiger partial charge in [-0.3, -0.25) is 9.59 Å². The van der Waals surface area contributed by atoms with Gasteiger partial charge in [0.1, 0.15) is 5.82 Å². The molecule has 21 heavy (non-hydrogen) atoms. The maximum atomic E-state index is 12.4. The molecule has 112 valence electrons. The summed E-state index contributed by atoms with van der Waals surface area (Å²) in [5.41, 5.74) is 0.728. The molecule has 0 N–H and O–H groups in total. The second kappa shape index (κ2) is 5.31. The predicted octanol–water partition coefficient (Wildman–Crippen LogP) is 1.84. The first-order valence-corrected chi connectivity index (χ1v) is 6.91. The molecule has 0 atom stereocenters. The Labute approximate surface area is 124 Å². The van der Waals surface area contributed by atoms with E-state index < -0.39 is 0 Å².